The fraction of sp³-hybridized carbons (Fsp3) is 0.333. The highest BCUT2D eigenvalue weighted by atomic mass is 16.5. The molecule has 1 aromatic carbocycles. The molecule has 0 spiro atoms. The third-order valence-corrected chi connectivity index (χ3v) is 3.83. The molecule has 1 N–H and O–H groups in total. The van der Waals surface area contributed by atoms with E-state index in [0.717, 1.165) is 11.3 Å². The Kier molecular flexibility index (Phi) is 3.50. The molecule has 2 unspecified atom stereocenters. The van der Waals surface area contributed by atoms with Gasteiger partial charge >= 0.3 is 0 Å². The minimum absolute atomic E-state index is 0.0155. The van der Waals surface area contributed by atoms with Crippen molar-refractivity contribution in [3.8, 4) is 11.8 Å². The van der Waals surface area contributed by atoms with Crippen molar-refractivity contribution in [1.82, 2.24) is 15.3 Å². The lowest BCUT2D eigenvalue weighted by atomic mass is 10.00. The monoisotopic (exact) mass is 284 g/mol. The van der Waals surface area contributed by atoms with Gasteiger partial charge in [0, 0.05) is 18.0 Å². The largest absolute Gasteiger partial charge is 0.496 e. The van der Waals surface area contributed by atoms with Crippen LogP contribution in [0.15, 0.2) is 36.7 Å². The number of nitriles is 1. The number of methoxy groups -OCH3 is 1. The van der Waals surface area contributed by atoms with Gasteiger partial charge in [-0.3, -0.25) is 4.79 Å². The zero-order chi connectivity index (χ0) is 14.8. The minimum atomic E-state index is -0.279. The Morgan fingerprint density at radius 1 is 1.43 bits per heavy atom. The Hall–Kier alpha value is -2.52. The molecule has 0 bridgehead atoms. The van der Waals surface area contributed by atoms with Crippen LogP contribution in [-0.4, -0.2) is 35.5 Å². The van der Waals surface area contributed by atoms with Crippen molar-refractivity contribution in [2.24, 2.45) is 0 Å². The molecule has 21 heavy (non-hydrogen) atoms. The molecule has 108 valence electrons. The first kappa shape index (κ1) is 13.5. The average Bonchev–Trinajstić information content (AvgIpc) is 2.95. The molecule has 2 aliphatic heterocycles. The number of para-hydroxylation sites is 1. The molecular formula is C15H16N4O2. The molecule has 2 heterocycles. The molecule has 2 aliphatic rings. The van der Waals surface area contributed by atoms with E-state index in [-0.39, 0.29) is 24.5 Å². The van der Waals surface area contributed by atoms with Crippen LogP contribution in [0.4, 0.5) is 0 Å². The topological polar surface area (TPSA) is 68.6 Å². The maximum Gasteiger partial charge on any atom is 0.251 e. The number of benzene rings is 1. The predicted octanol–water partition coefficient (Wildman–Crippen LogP) is 1.15. The first-order valence-electron chi connectivity index (χ1n) is 6.77. The van der Waals surface area contributed by atoms with Gasteiger partial charge in [0.05, 0.1) is 19.2 Å². The standard InChI is InChI=1S/C15H16N4O2/c1-21-14-5-3-2-4-11(14)12-10-13-15(20)18(7-6-16)8-9-19(13)17-12/h2-5,8-9,12-13,17H,7,10H2,1H3. The summed E-state index contributed by atoms with van der Waals surface area (Å²) < 4.78 is 5.38. The average molecular weight is 284 g/mol. The van der Waals surface area contributed by atoms with E-state index >= 15 is 0 Å². The fourth-order valence-corrected chi connectivity index (χ4v) is 2.80. The van der Waals surface area contributed by atoms with Crippen LogP contribution in [-0.2, 0) is 4.79 Å². The fourth-order valence-electron chi connectivity index (χ4n) is 2.80. The van der Waals surface area contributed by atoms with E-state index < -0.39 is 0 Å². The zero-order valence-corrected chi connectivity index (χ0v) is 11.7. The number of rotatable bonds is 3. The van der Waals surface area contributed by atoms with Gasteiger partial charge in [-0.2, -0.15) is 5.26 Å². The van der Waals surface area contributed by atoms with Crippen molar-refractivity contribution in [3.05, 3.63) is 42.2 Å². The number of hydrazine groups is 1. The molecule has 6 heteroatoms. The number of hydrogen-bond acceptors (Lipinski definition) is 5. The highest BCUT2D eigenvalue weighted by Gasteiger charge is 2.40. The summed E-state index contributed by atoms with van der Waals surface area (Å²) in [5, 5.41) is 10.6. The Balaban J connectivity index is 1.82. The summed E-state index contributed by atoms with van der Waals surface area (Å²) in [4.78, 5) is 13.8. The van der Waals surface area contributed by atoms with Gasteiger partial charge in [0.2, 0.25) is 0 Å². The van der Waals surface area contributed by atoms with Gasteiger partial charge in [0.1, 0.15) is 18.3 Å². The number of fused-ring (bicyclic) bond motifs is 1. The van der Waals surface area contributed by atoms with Crippen LogP contribution in [0.2, 0.25) is 0 Å². The SMILES string of the molecule is COc1ccccc1C1CC2C(=O)N(CC#N)C=CN2N1. The van der Waals surface area contributed by atoms with E-state index in [2.05, 4.69) is 5.43 Å². The number of ether oxygens (including phenoxy) is 1. The van der Waals surface area contributed by atoms with E-state index in [9.17, 15) is 4.79 Å². The molecule has 2 atom stereocenters. The second-order valence-corrected chi connectivity index (χ2v) is 5.00. The lowest BCUT2D eigenvalue weighted by Gasteiger charge is -2.30. The minimum Gasteiger partial charge on any atom is -0.496 e. The van der Waals surface area contributed by atoms with Crippen molar-refractivity contribution >= 4 is 5.91 Å². The van der Waals surface area contributed by atoms with Crippen molar-refractivity contribution in [2.45, 2.75) is 18.5 Å². The highest BCUT2D eigenvalue weighted by Crippen LogP contribution is 2.34. The molecule has 1 fully saturated rings. The van der Waals surface area contributed by atoms with Gasteiger partial charge in [-0.15, -0.1) is 0 Å². The number of carbonyl (C=O) groups excluding carboxylic acids is 1. The third kappa shape index (κ3) is 2.32. The maximum absolute atomic E-state index is 12.3. The molecular weight excluding hydrogens is 268 g/mol. The molecule has 0 aliphatic carbocycles. The Bertz CT molecular complexity index is 622. The molecule has 0 aromatic heterocycles. The summed E-state index contributed by atoms with van der Waals surface area (Å²) in [6.45, 7) is 0.0823. The smallest absolute Gasteiger partial charge is 0.251 e. The van der Waals surface area contributed by atoms with Crippen molar-refractivity contribution in [2.75, 3.05) is 13.7 Å². The van der Waals surface area contributed by atoms with Crippen molar-refractivity contribution < 1.29 is 9.53 Å². The van der Waals surface area contributed by atoms with Gasteiger partial charge in [-0.25, -0.2) is 5.43 Å². The van der Waals surface area contributed by atoms with Crippen LogP contribution < -0.4 is 10.2 Å². The van der Waals surface area contributed by atoms with Gasteiger partial charge in [0.25, 0.3) is 5.91 Å². The first-order chi connectivity index (χ1) is 10.2. The van der Waals surface area contributed by atoms with E-state index in [1.54, 1.807) is 19.5 Å². The lowest BCUT2D eigenvalue weighted by molar-refractivity contribution is -0.133. The summed E-state index contributed by atoms with van der Waals surface area (Å²) in [5.41, 5.74) is 4.34. The molecule has 1 saturated heterocycles. The Labute approximate surface area is 123 Å². The molecule has 1 amide bonds. The number of nitrogens with zero attached hydrogens (tertiary/aromatic N) is 3. The summed E-state index contributed by atoms with van der Waals surface area (Å²) >= 11 is 0. The Morgan fingerprint density at radius 3 is 3.00 bits per heavy atom. The first-order valence-corrected chi connectivity index (χ1v) is 6.77. The van der Waals surface area contributed by atoms with Gasteiger partial charge in [-0.1, -0.05) is 18.2 Å². The number of amides is 1. The van der Waals surface area contributed by atoms with Crippen molar-refractivity contribution in [1.29, 1.82) is 5.26 Å². The van der Waals surface area contributed by atoms with Gasteiger partial charge in [-0.05, 0) is 12.5 Å². The molecule has 6 nitrogen and oxygen atoms in total. The third-order valence-electron chi connectivity index (χ3n) is 3.83. The molecule has 3 rings (SSSR count). The van der Waals surface area contributed by atoms with E-state index in [0.29, 0.717) is 6.42 Å². The predicted molar refractivity (Wildman–Crippen MR) is 75.6 cm³/mol. The summed E-state index contributed by atoms with van der Waals surface area (Å²) in [5.74, 6) is 0.754. The highest BCUT2D eigenvalue weighted by molar-refractivity contribution is 5.84. The Morgan fingerprint density at radius 2 is 2.24 bits per heavy atom. The van der Waals surface area contributed by atoms with E-state index in [1.165, 1.54) is 4.90 Å². The molecule has 0 saturated carbocycles. The van der Waals surface area contributed by atoms with Gasteiger partial charge < -0.3 is 14.6 Å². The van der Waals surface area contributed by atoms with Crippen LogP contribution in [0, 0.1) is 11.3 Å². The number of carbonyl (C=O) groups is 1. The summed E-state index contributed by atoms with van der Waals surface area (Å²) in [7, 11) is 1.64. The van der Waals surface area contributed by atoms with Crippen LogP contribution in [0.1, 0.15) is 18.0 Å². The van der Waals surface area contributed by atoms with Crippen LogP contribution in [0.3, 0.4) is 0 Å². The zero-order valence-electron chi connectivity index (χ0n) is 11.7. The molecule has 1 aromatic rings. The summed E-state index contributed by atoms with van der Waals surface area (Å²) in [6.07, 6.45) is 4.09. The quantitative estimate of drug-likeness (QED) is 0.843. The summed E-state index contributed by atoms with van der Waals surface area (Å²) in [6, 6.07) is 9.52. The van der Waals surface area contributed by atoms with Gasteiger partial charge in [0.15, 0.2) is 0 Å². The second kappa shape index (κ2) is 5.46. The van der Waals surface area contributed by atoms with E-state index in [4.69, 9.17) is 10.00 Å². The van der Waals surface area contributed by atoms with E-state index in [1.807, 2.05) is 35.3 Å². The van der Waals surface area contributed by atoms with Crippen molar-refractivity contribution in [3.63, 3.8) is 0 Å². The van der Waals surface area contributed by atoms with Crippen LogP contribution in [0.25, 0.3) is 0 Å². The molecule has 0 radical (unpaired) electrons. The normalized spacial score (nSPS) is 23.9. The number of nitrogens with one attached hydrogen (secondary N) is 1. The maximum atomic E-state index is 12.3. The second-order valence-electron chi connectivity index (χ2n) is 5.00. The number of hydrogen-bond donors (Lipinski definition) is 1. The van der Waals surface area contributed by atoms with Crippen LogP contribution >= 0.6 is 0 Å². The van der Waals surface area contributed by atoms with Crippen LogP contribution in [0.5, 0.6) is 5.75 Å². The lowest BCUT2D eigenvalue weighted by Crippen LogP contribution is -2.48.